The number of halogens is 3. The first-order chi connectivity index (χ1) is 12.0. The van der Waals surface area contributed by atoms with Crippen molar-refractivity contribution >= 4 is 34.8 Å². The summed E-state index contributed by atoms with van der Waals surface area (Å²) in [5.74, 6) is -3.03. The molecule has 2 rings (SSSR count). The lowest BCUT2D eigenvalue weighted by Gasteiger charge is -2.24. The smallest absolute Gasteiger partial charge is 0.239 e. The summed E-state index contributed by atoms with van der Waals surface area (Å²) in [7, 11) is 0. The standard InChI is InChI=1S/C19H19ClF2N2O2/c1-10-7-11(2)16(13(20)8-10)24-18(26)19(3,4)17(25)23-15-6-5-12(21)9-14(15)22/h5-9H,1-4H3,(H,23,25)(H,24,26). The fourth-order valence-electron chi connectivity index (χ4n) is 2.32. The number of anilines is 2. The number of hydrogen-bond acceptors (Lipinski definition) is 2. The van der Waals surface area contributed by atoms with Crippen molar-refractivity contribution in [2.24, 2.45) is 5.41 Å². The van der Waals surface area contributed by atoms with E-state index < -0.39 is 28.9 Å². The highest BCUT2D eigenvalue weighted by Gasteiger charge is 2.37. The topological polar surface area (TPSA) is 58.2 Å². The summed E-state index contributed by atoms with van der Waals surface area (Å²) in [6, 6.07) is 6.31. The second-order valence-electron chi connectivity index (χ2n) is 6.60. The van der Waals surface area contributed by atoms with Crippen molar-refractivity contribution in [3.05, 3.63) is 58.1 Å². The van der Waals surface area contributed by atoms with Crippen LogP contribution < -0.4 is 10.6 Å². The minimum Gasteiger partial charge on any atom is -0.324 e. The maximum absolute atomic E-state index is 13.7. The van der Waals surface area contributed by atoms with E-state index in [-0.39, 0.29) is 5.69 Å². The first kappa shape index (κ1) is 19.8. The first-order valence-electron chi connectivity index (χ1n) is 7.87. The Labute approximate surface area is 155 Å². The Morgan fingerprint density at radius 3 is 2.19 bits per heavy atom. The van der Waals surface area contributed by atoms with E-state index in [2.05, 4.69) is 10.6 Å². The van der Waals surface area contributed by atoms with Crippen molar-refractivity contribution < 1.29 is 18.4 Å². The highest BCUT2D eigenvalue weighted by molar-refractivity contribution is 6.34. The fraction of sp³-hybridized carbons (Fsp3) is 0.263. The molecule has 0 saturated carbocycles. The molecule has 4 nitrogen and oxygen atoms in total. The summed E-state index contributed by atoms with van der Waals surface area (Å²) in [6.45, 7) is 6.46. The van der Waals surface area contributed by atoms with Gasteiger partial charge in [-0.1, -0.05) is 17.7 Å². The van der Waals surface area contributed by atoms with Crippen molar-refractivity contribution in [3.8, 4) is 0 Å². The number of benzene rings is 2. The van der Waals surface area contributed by atoms with Gasteiger partial charge in [-0.05, 0) is 57.0 Å². The number of carbonyl (C=O) groups excluding carboxylic acids is 2. The van der Waals surface area contributed by atoms with Gasteiger partial charge in [-0.25, -0.2) is 8.78 Å². The Kier molecular flexibility index (Phi) is 5.66. The molecule has 0 aliphatic rings. The quantitative estimate of drug-likeness (QED) is 0.746. The molecule has 2 amide bonds. The average molecular weight is 381 g/mol. The van der Waals surface area contributed by atoms with Gasteiger partial charge in [-0.15, -0.1) is 0 Å². The van der Waals surface area contributed by atoms with E-state index in [0.717, 1.165) is 23.3 Å². The van der Waals surface area contributed by atoms with Crippen LogP contribution in [0.5, 0.6) is 0 Å². The van der Waals surface area contributed by atoms with E-state index in [1.54, 1.807) is 13.0 Å². The Morgan fingerprint density at radius 2 is 1.62 bits per heavy atom. The van der Waals surface area contributed by atoms with Crippen LogP contribution in [-0.2, 0) is 9.59 Å². The summed E-state index contributed by atoms with van der Waals surface area (Å²) in [6.07, 6.45) is 0. The van der Waals surface area contributed by atoms with Gasteiger partial charge < -0.3 is 10.6 Å². The van der Waals surface area contributed by atoms with Gasteiger partial charge in [0.25, 0.3) is 0 Å². The Bertz CT molecular complexity index is 859. The number of carbonyl (C=O) groups is 2. The van der Waals surface area contributed by atoms with Gasteiger partial charge in [0.15, 0.2) is 0 Å². The summed E-state index contributed by atoms with van der Waals surface area (Å²) < 4.78 is 26.7. The highest BCUT2D eigenvalue weighted by atomic mass is 35.5. The van der Waals surface area contributed by atoms with Crippen LogP contribution in [0.3, 0.4) is 0 Å². The molecule has 2 aromatic carbocycles. The summed E-state index contributed by atoms with van der Waals surface area (Å²) in [5, 5.41) is 5.32. The molecule has 0 aromatic heterocycles. The minimum absolute atomic E-state index is 0.207. The predicted octanol–water partition coefficient (Wildman–Crippen LogP) is 4.84. The second-order valence-corrected chi connectivity index (χ2v) is 7.00. The molecule has 138 valence electrons. The number of nitrogens with one attached hydrogen (secondary N) is 2. The molecule has 0 heterocycles. The molecule has 7 heteroatoms. The monoisotopic (exact) mass is 380 g/mol. The van der Waals surface area contributed by atoms with Gasteiger partial charge in [0.2, 0.25) is 11.8 Å². The normalized spacial score (nSPS) is 11.2. The molecule has 0 aliphatic carbocycles. The zero-order valence-corrected chi connectivity index (χ0v) is 15.6. The van der Waals surface area contributed by atoms with E-state index in [1.807, 2.05) is 13.0 Å². The predicted molar refractivity (Wildman–Crippen MR) is 98.3 cm³/mol. The van der Waals surface area contributed by atoms with E-state index in [0.29, 0.717) is 16.8 Å². The van der Waals surface area contributed by atoms with Crippen LogP contribution in [0.4, 0.5) is 20.2 Å². The maximum Gasteiger partial charge on any atom is 0.239 e. The third-order valence-corrected chi connectivity index (χ3v) is 4.28. The summed E-state index contributed by atoms with van der Waals surface area (Å²) in [5.41, 5.74) is 0.373. The van der Waals surface area contributed by atoms with Crippen molar-refractivity contribution in [2.75, 3.05) is 10.6 Å². The zero-order valence-electron chi connectivity index (χ0n) is 14.8. The van der Waals surface area contributed by atoms with Crippen molar-refractivity contribution in [2.45, 2.75) is 27.7 Å². The van der Waals surface area contributed by atoms with Crippen LogP contribution in [0.15, 0.2) is 30.3 Å². The first-order valence-corrected chi connectivity index (χ1v) is 8.25. The third kappa shape index (κ3) is 4.19. The zero-order chi connectivity index (χ0) is 19.6. The molecular formula is C19H19ClF2N2O2. The van der Waals surface area contributed by atoms with Gasteiger partial charge in [0.05, 0.1) is 16.4 Å². The van der Waals surface area contributed by atoms with E-state index in [9.17, 15) is 18.4 Å². The lowest BCUT2D eigenvalue weighted by Crippen LogP contribution is -2.42. The second kappa shape index (κ2) is 7.41. The molecular weight excluding hydrogens is 362 g/mol. The van der Waals surface area contributed by atoms with Crippen molar-refractivity contribution in [3.63, 3.8) is 0 Å². The lowest BCUT2D eigenvalue weighted by atomic mass is 9.90. The average Bonchev–Trinajstić information content (AvgIpc) is 2.53. The molecule has 26 heavy (non-hydrogen) atoms. The Morgan fingerprint density at radius 1 is 1.00 bits per heavy atom. The number of hydrogen-bond donors (Lipinski definition) is 2. The molecule has 0 aliphatic heterocycles. The number of aryl methyl sites for hydroxylation is 2. The van der Waals surface area contributed by atoms with Gasteiger partial charge in [-0.3, -0.25) is 9.59 Å². The molecule has 2 aromatic rings. The largest absolute Gasteiger partial charge is 0.324 e. The molecule has 0 fully saturated rings. The van der Waals surface area contributed by atoms with E-state index >= 15 is 0 Å². The van der Waals surface area contributed by atoms with Crippen molar-refractivity contribution in [1.29, 1.82) is 0 Å². The van der Waals surface area contributed by atoms with E-state index in [4.69, 9.17) is 11.6 Å². The van der Waals surface area contributed by atoms with Crippen LogP contribution in [0.2, 0.25) is 5.02 Å². The van der Waals surface area contributed by atoms with Crippen LogP contribution in [0.25, 0.3) is 0 Å². The van der Waals surface area contributed by atoms with Crippen LogP contribution >= 0.6 is 11.6 Å². The summed E-state index contributed by atoms with van der Waals surface area (Å²) >= 11 is 6.17. The number of amides is 2. The maximum atomic E-state index is 13.7. The SMILES string of the molecule is Cc1cc(C)c(NC(=O)C(C)(C)C(=O)Nc2ccc(F)cc2F)c(Cl)c1. The molecule has 0 radical (unpaired) electrons. The van der Waals surface area contributed by atoms with Gasteiger partial charge in [0.1, 0.15) is 17.0 Å². The minimum atomic E-state index is -1.53. The fourth-order valence-corrected chi connectivity index (χ4v) is 2.68. The van der Waals surface area contributed by atoms with E-state index in [1.165, 1.54) is 13.8 Å². The van der Waals surface area contributed by atoms with Crippen LogP contribution in [0, 0.1) is 30.9 Å². The highest BCUT2D eigenvalue weighted by Crippen LogP contribution is 2.30. The molecule has 0 bridgehead atoms. The Balaban J connectivity index is 2.20. The van der Waals surface area contributed by atoms with Gasteiger partial charge in [0, 0.05) is 6.07 Å². The molecule has 0 spiro atoms. The van der Waals surface area contributed by atoms with Gasteiger partial charge >= 0.3 is 0 Å². The summed E-state index contributed by atoms with van der Waals surface area (Å²) in [4.78, 5) is 25.1. The van der Waals surface area contributed by atoms with Crippen LogP contribution in [0.1, 0.15) is 25.0 Å². The molecule has 2 N–H and O–H groups in total. The van der Waals surface area contributed by atoms with Gasteiger partial charge in [-0.2, -0.15) is 0 Å². The number of rotatable bonds is 4. The molecule has 0 unspecified atom stereocenters. The Hall–Kier alpha value is -2.47. The van der Waals surface area contributed by atoms with Crippen LogP contribution in [-0.4, -0.2) is 11.8 Å². The van der Waals surface area contributed by atoms with Crippen molar-refractivity contribution in [1.82, 2.24) is 0 Å². The molecule has 0 saturated heterocycles. The molecule has 0 atom stereocenters. The lowest BCUT2D eigenvalue weighted by molar-refractivity contribution is -0.135. The third-order valence-electron chi connectivity index (χ3n) is 3.98.